The first-order valence-corrected chi connectivity index (χ1v) is 9.30. The molecule has 4 heteroatoms. The zero-order chi connectivity index (χ0) is 17.3. The molecule has 2 N–H and O–H groups in total. The molecule has 0 aliphatic heterocycles. The van der Waals surface area contributed by atoms with Crippen molar-refractivity contribution in [1.29, 1.82) is 0 Å². The van der Waals surface area contributed by atoms with Crippen LogP contribution in [0.25, 0.3) is 0 Å². The third kappa shape index (κ3) is 6.54. The van der Waals surface area contributed by atoms with Gasteiger partial charge in [-0.05, 0) is 52.2 Å². The monoisotopic (exact) mass is 324 g/mol. The van der Waals surface area contributed by atoms with Crippen LogP contribution in [0.4, 0.5) is 0 Å². The van der Waals surface area contributed by atoms with Crippen LogP contribution in [-0.2, 0) is 9.53 Å². The van der Waals surface area contributed by atoms with Gasteiger partial charge in [-0.2, -0.15) is 0 Å². The van der Waals surface area contributed by atoms with Gasteiger partial charge >= 0.3 is 0 Å². The van der Waals surface area contributed by atoms with E-state index in [-0.39, 0.29) is 11.8 Å². The Morgan fingerprint density at radius 3 is 2.43 bits per heavy atom. The van der Waals surface area contributed by atoms with Gasteiger partial charge in [-0.1, -0.05) is 39.5 Å². The maximum atomic E-state index is 12.2. The van der Waals surface area contributed by atoms with Crippen LogP contribution in [-0.4, -0.2) is 24.6 Å². The van der Waals surface area contributed by atoms with Crippen molar-refractivity contribution in [1.82, 2.24) is 10.6 Å². The largest absolute Gasteiger partial charge is 0.459 e. The van der Waals surface area contributed by atoms with Crippen LogP contribution >= 0.6 is 0 Å². The van der Waals surface area contributed by atoms with Crippen LogP contribution in [0, 0.1) is 5.92 Å². The summed E-state index contributed by atoms with van der Waals surface area (Å²) in [6, 6.07) is -0.129. The third-order valence-corrected chi connectivity index (χ3v) is 4.84. The zero-order valence-corrected chi connectivity index (χ0v) is 15.7. The Kier molecular flexibility index (Phi) is 8.67. The molecule has 1 saturated carbocycles. The zero-order valence-electron chi connectivity index (χ0n) is 15.7. The van der Waals surface area contributed by atoms with Crippen LogP contribution in [0.1, 0.15) is 79.1 Å². The van der Waals surface area contributed by atoms with Crippen LogP contribution in [0.5, 0.6) is 0 Å². The van der Waals surface area contributed by atoms with E-state index >= 15 is 0 Å². The maximum absolute atomic E-state index is 12.2. The minimum atomic E-state index is -0.406. The summed E-state index contributed by atoms with van der Waals surface area (Å²) < 4.78 is 6.23. The van der Waals surface area contributed by atoms with Crippen molar-refractivity contribution < 1.29 is 9.53 Å². The van der Waals surface area contributed by atoms with Crippen molar-refractivity contribution in [3.05, 3.63) is 12.0 Å². The Morgan fingerprint density at radius 2 is 1.96 bits per heavy atom. The summed E-state index contributed by atoms with van der Waals surface area (Å²) >= 11 is 0. The molecule has 0 aromatic carbocycles. The molecule has 0 aromatic rings. The highest BCUT2D eigenvalue weighted by molar-refractivity contribution is 5.82. The Bertz CT molecular complexity index is 389. The summed E-state index contributed by atoms with van der Waals surface area (Å²) in [5, 5.41) is 6.68. The fourth-order valence-electron chi connectivity index (χ4n) is 3.43. The van der Waals surface area contributed by atoms with Gasteiger partial charge in [-0.15, -0.1) is 0 Å². The molecule has 2 atom stereocenters. The van der Waals surface area contributed by atoms with E-state index < -0.39 is 5.72 Å². The van der Waals surface area contributed by atoms with Crippen molar-refractivity contribution in [3.8, 4) is 0 Å². The van der Waals surface area contributed by atoms with Crippen molar-refractivity contribution in [3.63, 3.8) is 0 Å². The quantitative estimate of drug-likeness (QED) is 0.469. The SMILES string of the molecule is CC/C=C(\NC(C(C)=O)C1CCCCC1)OC(C)(CCC)NC. The van der Waals surface area contributed by atoms with Crippen molar-refractivity contribution in [2.24, 2.45) is 5.92 Å². The molecule has 0 heterocycles. The number of allylic oxidation sites excluding steroid dienone is 1. The summed E-state index contributed by atoms with van der Waals surface area (Å²) in [5.41, 5.74) is -0.406. The van der Waals surface area contributed by atoms with E-state index in [1.54, 1.807) is 6.92 Å². The molecule has 0 saturated heterocycles. The standard InChI is InChI=1S/C19H36N2O2/c1-6-11-17(23-19(4,20-5)14-7-2)21-18(15(3)22)16-12-9-8-10-13-16/h11,16,18,20-21H,6-10,12-14H2,1-5H3/b17-11+. The van der Waals surface area contributed by atoms with Crippen molar-refractivity contribution in [2.75, 3.05) is 7.05 Å². The molecule has 1 aliphatic rings. The highest BCUT2D eigenvalue weighted by Gasteiger charge is 2.30. The minimum Gasteiger partial charge on any atom is -0.459 e. The summed E-state index contributed by atoms with van der Waals surface area (Å²) in [6.45, 7) is 7.99. The lowest BCUT2D eigenvalue weighted by Crippen LogP contribution is -2.48. The number of ketones is 1. The van der Waals surface area contributed by atoms with Crippen LogP contribution in [0.15, 0.2) is 12.0 Å². The van der Waals surface area contributed by atoms with Crippen LogP contribution in [0.2, 0.25) is 0 Å². The lowest BCUT2D eigenvalue weighted by molar-refractivity contribution is -0.121. The number of rotatable bonds is 10. The lowest BCUT2D eigenvalue weighted by Gasteiger charge is -2.35. The highest BCUT2D eigenvalue weighted by atomic mass is 16.5. The summed E-state index contributed by atoms with van der Waals surface area (Å²) in [4.78, 5) is 12.2. The first kappa shape index (κ1) is 20.0. The second-order valence-electron chi connectivity index (χ2n) is 6.94. The van der Waals surface area contributed by atoms with Gasteiger partial charge in [0.1, 0.15) is 0 Å². The molecule has 0 amide bonds. The summed E-state index contributed by atoms with van der Waals surface area (Å²) in [6.07, 6.45) is 10.9. The topological polar surface area (TPSA) is 50.4 Å². The smallest absolute Gasteiger partial charge is 0.185 e. The molecule has 4 nitrogen and oxygen atoms in total. The normalized spacial score (nSPS) is 20.7. The van der Waals surface area contributed by atoms with Gasteiger partial charge in [0.15, 0.2) is 17.4 Å². The fraction of sp³-hybridized carbons (Fsp3) is 0.842. The van der Waals surface area contributed by atoms with E-state index in [1.165, 1.54) is 19.3 Å². The molecule has 0 spiro atoms. The van der Waals surface area contributed by atoms with Gasteiger partial charge in [-0.25, -0.2) is 0 Å². The summed E-state index contributed by atoms with van der Waals surface area (Å²) in [5.74, 6) is 1.38. The van der Waals surface area contributed by atoms with Crippen molar-refractivity contribution in [2.45, 2.75) is 90.8 Å². The Balaban J connectivity index is 2.82. The molecule has 1 fully saturated rings. The summed E-state index contributed by atoms with van der Waals surface area (Å²) in [7, 11) is 1.92. The predicted molar refractivity (Wildman–Crippen MR) is 96.0 cm³/mol. The van der Waals surface area contributed by atoms with Crippen LogP contribution in [0.3, 0.4) is 0 Å². The first-order chi connectivity index (χ1) is 11.0. The predicted octanol–water partition coefficient (Wildman–Crippen LogP) is 4.12. The maximum Gasteiger partial charge on any atom is 0.185 e. The van der Waals surface area contributed by atoms with Gasteiger partial charge in [0, 0.05) is 6.42 Å². The molecule has 0 bridgehead atoms. The van der Waals surface area contributed by atoms with E-state index in [2.05, 4.69) is 31.4 Å². The Morgan fingerprint density at radius 1 is 1.30 bits per heavy atom. The highest BCUT2D eigenvalue weighted by Crippen LogP contribution is 2.28. The Hall–Kier alpha value is -1.03. The number of ether oxygens (including phenoxy) is 1. The lowest BCUT2D eigenvalue weighted by atomic mass is 9.82. The van der Waals surface area contributed by atoms with Gasteiger partial charge in [0.25, 0.3) is 0 Å². The van der Waals surface area contributed by atoms with Crippen LogP contribution < -0.4 is 10.6 Å². The number of nitrogens with one attached hydrogen (secondary N) is 2. The van der Waals surface area contributed by atoms with Gasteiger partial charge in [-0.3, -0.25) is 10.1 Å². The number of hydrogen-bond donors (Lipinski definition) is 2. The number of carbonyl (C=O) groups excluding carboxylic acids is 1. The second-order valence-corrected chi connectivity index (χ2v) is 6.94. The molecular weight excluding hydrogens is 288 g/mol. The number of carbonyl (C=O) groups is 1. The molecule has 2 unspecified atom stereocenters. The van der Waals surface area contributed by atoms with Gasteiger partial charge in [0.05, 0.1) is 6.04 Å². The third-order valence-electron chi connectivity index (χ3n) is 4.84. The van der Waals surface area contributed by atoms with Gasteiger partial charge in [0.2, 0.25) is 0 Å². The minimum absolute atomic E-state index is 0.129. The van der Waals surface area contributed by atoms with E-state index in [0.717, 1.165) is 38.0 Å². The van der Waals surface area contributed by atoms with E-state index in [9.17, 15) is 4.79 Å². The molecule has 1 aliphatic carbocycles. The number of hydrogen-bond acceptors (Lipinski definition) is 4. The fourth-order valence-corrected chi connectivity index (χ4v) is 3.43. The molecular formula is C19H36N2O2. The second kappa shape index (κ2) is 9.96. The van der Waals surface area contributed by atoms with Gasteiger partial charge < -0.3 is 10.1 Å². The average molecular weight is 325 g/mol. The Labute approximate surface area is 142 Å². The molecule has 134 valence electrons. The van der Waals surface area contributed by atoms with E-state index in [1.807, 2.05) is 13.1 Å². The van der Waals surface area contributed by atoms with E-state index in [4.69, 9.17) is 4.74 Å². The first-order valence-electron chi connectivity index (χ1n) is 9.30. The van der Waals surface area contributed by atoms with E-state index in [0.29, 0.717) is 5.92 Å². The average Bonchev–Trinajstić information content (AvgIpc) is 2.53. The number of Topliss-reactive ketones (excluding diaryl/α,β-unsaturated/α-hetero) is 1. The molecule has 0 aromatic heterocycles. The molecule has 23 heavy (non-hydrogen) atoms. The molecule has 0 radical (unpaired) electrons. The van der Waals surface area contributed by atoms with Crippen molar-refractivity contribution >= 4 is 5.78 Å². The molecule has 1 rings (SSSR count).